The molecule has 1 aromatic carbocycles. The Balaban J connectivity index is 2.44. The van der Waals surface area contributed by atoms with Gasteiger partial charge in [0.2, 0.25) is 0 Å². The Hall–Kier alpha value is -1.46. The second-order valence-electron chi connectivity index (χ2n) is 3.59. The smallest absolute Gasteiger partial charge is 0.150 e. The fraction of sp³-hybridized carbons (Fsp3) is 0.167. The maximum Gasteiger partial charge on any atom is 0.150 e. The molecule has 0 saturated heterocycles. The minimum absolute atomic E-state index is 0.503. The predicted molar refractivity (Wildman–Crippen MR) is 72.1 cm³/mol. The normalized spacial score (nSPS) is 10.3. The van der Waals surface area contributed by atoms with Gasteiger partial charge in [-0.3, -0.25) is 0 Å². The van der Waals surface area contributed by atoms with E-state index in [0.717, 1.165) is 21.5 Å². The van der Waals surface area contributed by atoms with Crippen LogP contribution in [0.3, 0.4) is 0 Å². The van der Waals surface area contributed by atoms with Gasteiger partial charge in [0, 0.05) is 25.5 Å². The first-order valence-electron chi connectivity index (χ1n) is 5.21. The van der Waals surface area contributed by atoms with Gasteiger partial charge in [0.15, 0.2) is 5.82 Å². The monoisotopic (exact) mass is 292 g/mol. The average Bonchev–Trinajstić information content (AvgIpc) is 2.38. The lowest BCUT2D eigenvalue weighted by molar-refractivity contribution is 1.02. The maximum atomic E-state index is 5.73. The van der Waals surface area contributed by atoms with Crippen LogP contribution in [0.1, 0.15) is 5.56 Å². The largest absolute Gasteiger partial charge is 0.328 e. The molecule has 88 valence electrons. The molecule has 5 heteroatoms. The third-order valence-electron chi connectivity index (χ3n) is 2.54. The molecule has 2 rings (SSSR count). The van der Waals surface area contributed by atoms with Crippen molar-refractivity contribution in [3.8, 4) is 0 Å². The molecule has 0 saturated carbocycles. The van der Waals surface area contributed by atoms with Crippen LogP contribution in [-0.2, 0) is 6.54 Å². The summed E-state index contributed by atoms with van der Waals surface area (Å²) < 4.78 is 0.856. The molecule has 4 nitrogen and oxygen atoms in total. The maximum absolute atomic E-state index is 5.73. The van der Waals surface area contributed by atoms with Crippen LogP contribution in [0.25, 0.3) is 0 Å². The van der Waals surface area contributed by atoms with Gasteiger partial charge >= 0.3 is 0 Å². The molecule has 0 bridgehead atoms. The zero-order chi connectivity index (χ0) is 12.3. The van der Waals surface area contributed by atoms with Gasteiger partial charge in [-0.2, -0.15) is 0 Å². The highest BCUT2D eigenvalue weighted by Crippen LogP contribution is 2.29. The molecule has 0 aliphatic carbocycles. The predicted octanol–water partition coefficient (Wildman–Crippen LogP) is 2.47. The molecule has 0 unspecified atom stereocenters. The van der Waals surface area contributed by atoms with Crippen LogP contribution in [-0.4, -0.2) is 17.0 Å². The quantitative estimate of drug-likeness (QED) is 0.944. The number of hydrogen-bond acceptors (Lipinski definition) is 4. The molecular formula is C12H13BrN4. The van der Waals surface area contributed by atoms with E-state index in [1.807, 2.05) is 36.2 Å². The van der Waals surface area contributed by atoms with Crippen LogP contribution < -0.4 is 10.6 Å². The van der Waals surface area contributed by atoms with E-state index in [1.165, 1.54) is 6.33 Å². The van der Waals surface area contributed by atoms with Gasteiger partial charge < -0.3 is 10.6 Å². The highest BCUT2D eigenvalue weighted by Gasteiger charge is 2.11. The van der Waals surface area contributed by atoms with Gasteiger partial charge in [-0.1, -0.05) is 18.2 Å². The van der Waals surface area contributed by atoms with E-state index < -0.39 is 0 Å². The summed E-state index contributed by atoms with van der Waals surface area (Å²) >= 11 is 3.44. The fourth-order valence-electron chi connectivity index (χ4n) is 1.68. The first-order chi connectivity index (χ1) is 8.24. The van der Waals surface area contributed by atoms with Gasteiger partial charge in [-0.15, -0.1) is 0 Å². The van der Waals surface area contributed by atoms with Gasteiger partial charge in [-0.05, 0) is 27.6 Å². The Labute approximate surface area is 109 Å². The van der Waals surface area contributed by atoms with Crippen molar-refractivity contribution >= 4 is 27.4 Å². The van der Waals surface area contributed by atoms with Crippen molar-refractivity contribution in [2.24, 2.45) is 5.73 Å². The summed E-state index contributed by atoms with van der Waals surface area (Å²) in [6.45, 7) is 0.503. The van der Waals surface area contributed by atoms with Crippen LogP contribution >= 0.6 is 15.9 Å². The Morgan fingerprint density at radius 3 is 2.82 bits per heavy atom. The van der Waals surface area contributed by atoms with E-state index in [1.54, 1.807) is 6.20 Å². The van der Waals surface area contributed by atoms with Crippen LogP contribution in [0.2, 0.25) is 0 Å². The summed E-state index contributed by atoms with van der Waals surface area (Å²) in [6, 6.07) is 8.01. The topological polar surface area (TPSA) is 55.0 Å². The molecule has 0 radical (unpaired) electrons. The van der Waals surface area contributed by atoms with Crippen molar-refractivity contribution < 1.29 is 0 Å². The summed E-state index contributed by atoms with van der Waals surface area (Å²) in [5, 5.41) is 0. The van der Waals surface area contributed by atoms with Gasteiger partial charge in [0.05, 0.1) is 4.47 Å². The molecule has 0 fully saturated rings. The number of para-hydroxylation sites is 1. The SMILES string of the molecule is CN(c1ccccc1CN)c1ncncc1Br. The summed E-state index contributed by atoms with van der Waals surface area (Å²) in [7, 11) is 1.96. The standard InChI is InChI=1S/C12H13BrN4/c1-17(12-10(13)7-15-8-16-12)11-5-3-2-4-9(11)6-14/h2-5,7-8H,6,14H2,1H3. The fourth-order valence-corrected chi connectivity index (χ4v) is 2.16. The summed E-state index contributed by atoms with van der Waals surface area (Å²) in [6.07, 6.45) is 3.26. The zero-order valence-corrected chi connectivity index (χ0v) is 11.1. The highest BCUT2D eigenvalue weighted by atomic mass is 79.9. The number of benzene rings is 1. The lowest BCUT2D eigenvalue weighted by atomic mass is 10.1. The summed E-state index contributed by atoms with van der Waals surface area (Å²) in [5.41, 5.74) is 7.87. The molecule has 0 spiro atoms. The zero-order valence-electron chi connectivity index (χ0n) is 9.47. The van der Waals surface area contributed by atoms with E-state index in [-0.39, 0.29) is 0 Å². The van der Waals surface area contributed by atoms with Crippen molar-refractivity contribution in [1.82, 2.24) is 9.97 Å². The third-order valence-corrected chi connectivity index (χ3v) is 3.10. The number of halogens is 1. The number of anilines is 2. The van der Waals surface area contributed by atoms with Crippen molar-refractivity contribution in [3.63, 3.8) is 0 Å². The number of hydrogen-bond donors (Lipinski definition) is 1. The van der Waals surface area contributed by atoms with Crippen molar-refractivity contribution in [3.05, 3.63) is 46.8 Å². The number of rotatable bonds is 3. The molecule has 1 heterocycles. The summed E-state index contributed by atoms with van der Waals surface area (Å²) in [5.74, 6) is 0.820. The van der Waals surface area contributed by atoms with Crippen molar-refractivity contribution in [2.45, 2.75) is 6.54 Å². The van der Waals surface area contributed by atoms with E-state index in [0.29, 0.717) is 6.54 Å². The highest BCUT2D eigenvalue weighted by molar-refractivity contribution is 9.10. The van der Waals surface area contributed by atoms with Crippen LogP contribution in [0.4, 0.5) is 11.5 Å². The molecule has 1 aromatic heterocycles. The van der Waals surface area contributed by atoms with Gasteiger partial charge in [-0.25, -0.2) is 9.97 Å². The van der Waals surface area contributed by atoms with Crippen LogP contribution in [0.15, 0.2) is 41.3 Å². The first-order valence-corrected chi connectivity index (χ1v) is 6.00. The van der Waals surface area contributed by atoms with Gasteiger partial charge in [0.1, 0.15) is 6.33 Å². The molecule has 2 N–H and O–H groups in total. The first kappa shape index (κ1) is 12.0. The second kappa shape index (κ2) is 5.25. The lowest BCUT2D eigenvalue weighted by Crippen LogP contribution is -2.15. The lowest BCUT2D eigenvalue weighted by Gasteiger charge is -2.21. The Morgan fingerprint density at radius 2 is 2.12 bits per heavy atom. The average molecular weight is 293 g/mol. The summed E-state index contributed by atoms with van der Waals surface area (Å²) in [4.78, 5) is 10.2. The minimum Gasteiger partial charge on any atom is -0.328 e. The molecule has 2 aromatic rings. The number of nitrogens with two attached hydrogens (primary N) is 1. The van der Waals surface area contributed by atoms with E-state index in [9.17, 15) is 0 Å². The molecule has 0 atom stereocenters. The third kappa shape index (κ3) is 2.45. The number of nitrogens with zero attached hydrogens (tertiary/aromatic N) is 3. The Morgan fingerprint density at radius 1 is 1.35 bits per heavy atom. The molecule has 17 heavy (non-hydrogen) atoms. The molecule has 0 aliphatic heterocycles. The van der Waals surface area contributed by atoms with E-state index in [4.69, 9.17) is 5.73 Å². The second-order valence-corrected chi connectivity index (χ2v) is 4.44. The van der Waals surface area contributed by atoms with E-state index in [2.05, 4.69) is 25.9 Å². The Bertz CT molecular complexity index is 515. The van der Waals surface area contributed by atoms with Crippen LogP contribution in [0, 0.1) is 0 Å². The Kier molecular flexibility index (Phi) is 3.71. The molecule has 0 amide bonds. The van der Waals surface area contributed by atoms with Crippen molar-refractivity contribution in [2.75, 3.05) is 11.9 Å². The van der Waals surface area contributed by atoms with Gasteiger partial charge in [0.25, 0.3) is 0 Å². The van der Waals surface area contributed by atoms with Crippen LogP contribution in [0.5, 0.6) is 0 Å². The molecule has 0 aliphatic rings. The van der Waals surface area contributed by atoms with Crippen molar-refractivity contribution in [1.29, 1.82) is 0 Å². The molecular weight excluding hydrogens is 280 g/mol. The number of aromatic nitrogens is 2. The minimum atomic E-state index is 0.503. The van der Waals surface area contributed by atoms with E-state index >= 15 is 0 Å².